The number of nitrogens with zero attached hydrogens (tertiary/aromatic N) is 2. The Bertz CT molecular complexity index is 788. The van der Waals surface area contributed by atoms with Gasteiger partial charge in [0.1, 0.15) is 6.04 Å². The van der Waals surface area contributed by atoms with E-state index in [2.05, 4.69) is 0 Å². The lowest BCUT2D eigenvalue weighted by Gasteiger charge is -2.30. The molecule has 2 aromatic rings. The van der Waals surface area contributed by atoms with E-state index < -0.39 is 18.1 Å². The van der Waals surface area contributed by atoms with Gasteiger partial charge < -0.3 is 20.3 Å². The third-order valence-electron chi connectivity index (χ3n) is 4.72. The first-order valence-corrected chi connectivity index (χ1v) is 9.08. The number of hydrogen-bond acceptors (Lipinski definition) is 3. The van der Waals surface area contributed by atoms with Gasteiger partial charge in [0, 0.05) is 37.1 Å². The van der Waals surface area contributed by atoms with Gasteiger partial charge >= 0.3 is 5.97 Å². The molecular formula is C20H30ClN3O3. The highest BCUT2D eigenvalue weighted by molar-refractivity contribution is 5.88. The van der Waals surface area contributed by atoms with E-state index in [-0.39, 0.29) is 30.7 Å². The van der Waals surface area contributed by atoms with Gasteiger partial charge in [0.2, 0.25) is 5.91 Å². The zero-order valence-corrected chi connectivity index (χ0v) is 17.2. The molecule has 3 N–H and O–H groups in total. The van der Waals surface area contributed by atoms with Crippen LogP contribution in [0.15, 0.2) is 30.5 Å². The topological polar surface area (TPSA) is 88.6 Å². The minimum atomic E-state index is -1.01. The first kappa shape index (κ1) is 23.0. The number of halogens is 1. The summed E-state index contributed by atoms with van der Waals surface area (Å²) in [6.07, 6.45) is 2.73. The van der Waals surface area contributed by atoms with Crippen LogP contribution >= 0.6 is 12.4 Å². The molecule has 7 heteroatoms. The highest BCUT2D eigenvalue weighted by Gasteiger charge is 2.32. The van der Waals surface area contributed by atoms with Gasteiger partial charge in [0.05, 0.1) is 6.04 Å². The number of carboxylic acids is 1. The summed E-state index contributed by atoms with van der Waals surface area (Å²) >= 11 is 0. The molecule has 2 atom stereocenters. The number of carboxylic acid groups (broad SMARTS) is 1. The molecule has 0 saturated carbocycles. The zero-order chi connectivity index (χ0) is 19.4. The lowest BCUT2D eigenvalue weighted by atomic mass is 10.00. The van der Waals surface area contributed by atoms with Crippen LogP contribution in [0.1, 0.15) is 32.8 Å². The molecule has 27 heavy (non-hydrogen) atoms. The molecule has 150 valence electrons. The lowest BCUT2D eigenvalue weighted by Crippen LogP contribution is -2.52. The second-order valence-corrected chi connectivity index (χ2v) is 7.20. The first-order valence-electron chi connectivity index (χ1n) is 9.08. The number of rotatable bonds is 8. The van der Waals surface area contributed by atoms with Crippen LogP contribution in [0.4, 0.5) is 0 Å². The Hall–Kier alpha value is -2.05. The van der Waals surface area contributed by atoms with Crippen molar-refractivity contribution in [3.05, 3.63) is 36.0 Å². The molecular weight excluding hydrogens is 366 g/mol. The van der Waals surface area contributed by atoms with Crippen molar-refractivity contribution >= 4 is 35.2 Å². The van der Waals surface area contributed by atoms with E-state index in [0.717, 1.165) is 16.5 Å². The van der Waals surface area contributed by atoms with E-state index in [0.29, 0.717) is 13.0 Å². The summed E-state index contributed by atoms with van der Waals surface area (Å²) in [6, 6.07) is 6.25. The molecule has 0 aliphatic carbocycles. The average molecular weight is 396 g/mol. The number of aryl methyl sites for hydroxylation is 1. The second-order valence-electron chi connectivity index (χ2n) is 7.20. The molecule has 1 aromatic heterocycles. The molecule has 1 amide bonds. The van der Waals surface area contributed by atoms with Crippen molar-refractivity contribution in [2.45, 2.75) is 45.7 Å². The Morgan fingerprint density at radius 1 is 1.26 bits per heavy atom. The van der Waals surface area contributed by atoms with E-state index in [1.807, 2.05) is 55.9 Å². The van der Waals surface area contributed by atoms with Crippen molar-refractivity contribution in [3.8, 4) is 0 Å². The van der Waals surface area contributed by atoms with Crippen LogP contribution in [0.2, 0.25) is 0 Å². The Morgan fingerprint density at radius 2 is 1.89 bits per heavy atom. The molecule has 0 fully saturated rings. The van der Waals surface area contributed by atoms with Crippen molar-refractivity contribution in [1.82, 2.24) is 9.47 Å². The Labute approximate surface area is 166 Å². The predicted octanol–water partition coefficient (Wildman–Crippen LogP) is 2.82. The number of carbonyl (C=O) groups is 2. The fourth-order valence-corrected chi connectivity index (χ4v) is 3.48. The minimum absolute atomic E-state index is 0. The maximum Gasteiger partial charge on any atom is 0.326 e. The molecule has 1 aromatic carbocycles. The van der Waals surface area contributed by atoms with Crippen LogP contribution in [0.5, 0.6) is 0 Å². The lowest BCUT2D eigenvalue weighted by molar-refractivity contribution is -0.150. The summed E-state index contributed by atoms with van der Waals surface area (Å²) < 4.78 is 1.98. The van der Waals surface area contributed by atoms with Gasteiger partial charge in [0.25, 0.3) is 0 Å². The summed E-state index contributed by atoms with van der Waals surface area (Å²) in [4.78, 5) is 26.1. The third kappa shape index (κ3) is 5.23. The number of amides is 1. The predicted molar refractivity (Wildman–Crippen MR) is 110 cm³/mol. The van der Waals surface area contributed by atoms with Crippen LogP contribution in [0.25, 0.3) is 10.9 Å². The van der Waals surface area contributed by atoms with Crippen molar-refractivity contribution in [3.63, 3.8) is 0 Å². The van der Waals surface area contributed by atoms with E-state index in [4.69, 9.17) is 5.73 Å². The van der Waals surface area contributed by atoms with Crippen LogP contribution in [-0.2, 0) is 23.1 Å². The molecule has 0 spiro atoms. The number of fused-ring (bicyclic) bond motifs is 1. The van der Waals surface area contributed by atoms with Crippen molar-refractivity contribution in [1.29, 1.82) is 0 Å². The largest absolute Gasteiger partial charge is 0.480 e. The number of nitrogens with two attached hydrogens (primary N) is 1. The fourth-order valence-electron chi connectivity index (χ4n) is 3.48. The number of hydrogen-bond donors (Lipinski definition) is 2. The van der Waals surface area contributed by atoms with Crippen molar-refractivity contribution in [2.75, 3.05) is 6.54 Å². The van der Waals surface area contributed by atoms with Gasteiger partial charge in [0.15, 0.2) is 0 Å². The van der Waals surface area contributed by atoms with Crippen LogP contribution < -0.4 is 5.73 Å². The number of carbonyl (C=O) groups excluding carboxylic acids is 1. The molecule has 2 rings (SSSR count). The minimum Gasteiger partial charge on any atom is -0.480 e. The maximum absolute atomic E-state index is 12.7. The first-order chi connectivity index (χ1) is 12.3. The van der Waals surface area contributed by atoms with Gasteiger partial charge in [-0.15, -0.1) is 12.4 Å². The van der Waals surface area contributed by atoms with E-state index in [1.165, 1.54) is 4.90 Å². The summed E-state index contributed by atoms with van der Waals surface area (Å²) in [6.45, 7) is 6.09. The molecule has 1 heterocycles. The Kier molecular flexibility index (Phi) is 8.31. The Morgan fingerprint density at radius 3 is 2.44 bits per heavy atom. The average Bonchev–Trinajstić information content (AvgIpc) is 2.90. The van der Waals surface area contributed by atoms with Gasteiger partial charge in [-0.25, -0.2) is 4.79 Å². The molecule has 6 nitrogen and oxygen atoms in total. The monoisotopic (exact) mass is 395 g/mol. The van der Waals surface area contributed by atoms with Crippen molar-refractivity contribution < 1.29 is 14.7 Å². The quantitative estimate of drug-likeness (QED) is 0.719. The molecule has 0 bridgehead atoms. The van der Waals surface area contributed by atoms with E-state index >= 15 is 0 Å². The number of aromatic nitrogens is 1. The molecule has 0 aliphatic rings. The number of para-hydroxylation sites is 1. The van der Waals surface area contributed by atoms with Gasteiger partial charge in [-0.3, -0.25) is 4.79 Å². The standard InChI is InChI=1S/C20H29N3O3.ClH/c1-5-23(19(24)16(21)10-13(2)3)18(20(25)26)11-14-12-22(4)17-9-7-6-8-15(14)17;/h6-9,12-13,16,18H,5,10-11,21H2,1-4H3,(H,25,26);1H. The van der Waals surface area contributed by atoms with Gasteiger partial charge in [-0.2, -0.15) is 0 Å². The smallest absolute Gasteiger partial charge is 0.326 e. The van der Waals surface area contributed by atoms with Crippen LogP contribution in [0.3, 0.4) is 0 Å². The summed E-state index contributed by atoms with van der Waals surface area (Å²) in [7, 11) is 1.93. The number of likely N-dealkylation sites (N-methyl/N-ethyl adjacent to an activating group) is 1. The van der Waals surface area contributed by atoms with Gasteiger partial charge in [-0.05, 0) is 30.9 Å². The van der Waals surface area contributed by atoms with Crippen molar-refractivity contribution in [2.24, 2.45) is 18.7 Å². The maximum atomic E-state index is 12.7. The highest BCUT2D eigenvalue weighted by Crippen LogP contribution is 2.23. The molecule has 0 saturated heterocycles. The number of aliphatic carboxylic acids is 1. The van der Waals surface area contributed by atoms with Gasteiger partial charge in [-0.1, -0.05) is 32.0 Å². The van der Waals surface area contributed by atoms with E-state index in [1.54, 1.807) is 6.92 Å². The van der Waals surface area contributed by atoms with Crippen LogP contribution in [0, 0.1) is 5.92 Å². The van der Waals surface area contributed by atoms with E-state index in [9.17, 15) is 14.7 Å². The van der Waals surface area contributed by atoms with Crippen LogP contribution in [-0.4, -0.2) is 45.1 Å². The molecule has 0 radical (unpaired) electrons. The normalized spacial score (nSPS) is 13.3. The third-order valence-corrected chi connectivity index (χ3v) is 4.72. The zero-order valence-electron chi connectivity index (χ0n) is 16.4. The SMILES string of the molecule is CCN(C(=O)C(N)CC(C)C)C(Cc1cn(C)c2ccccc12)C(=O)O.Cl. The highest BCUT2D eigenvalue weighted by atomic mass is 35.5. The summed E-state index contributed by atoms with van der Waals surface area (Å²) in [5.74, 6) is -1.03. The summed E-state index contributed by atoms with van der Waals surface area (Å²) in [5, 5.41) is 10.8. The summed E-state index contributed by atoms with van der Waals surface area (Å²) in [5.41, 5.74) is 7.99. The second kappa shape index (κ2) is 9.76. The fraction of sp³-hybridized carbons (Fsp3) is 0.500. The Balaban J connectivity index is 0.00000364. The molecule has 2 unspecified atom stereocenters. The molecule has 0 aliphatic heterocycles. The number of benzene rings is 1.